The van der Waals surface area contributed by atoms with E-state index < -0.39 is 10.0 Å². The highest BCUT2D eigenvalue weighted by molar-refractivity contribution is 7.89. The second kappa shape index (κ2) is 8.49. The third kappa shape index (κ3) is 8.63. The molecule has 0 aliphatic rings. The fourth-order valence-electron chi connectivity index (χ4n) is 1.01. The van der Waals surface area contributed by atoms with Gasteiger partial charge in [-0.2, -0.15) is 0 Å². The predicted molar refractivity (Wildman–Crippen MR) is 63.4 cm³/mol. The molecule has 1 amide bonds. The van der Waals surface area contributed by atoms with Crippen LogP contribution in [0.2, 0.25) is 0 Å². The molecule has 0 aromatic rings. The number of amides is 1. The molecule has 0 aromatic heterocycles. The van der Waals surface area contributed by atoms with Gasteiger partial charge in [-0.05, 0) is 25.8 Å². The van der Waals surface area contributed by atoms with Crippen LogP contribution in [-0.2, 0) is 14.8 Å². The number of carbonyl (C=O) groups excluding carboxylic acids is 1. The predicted octanol–water partition coefficient (Wildman–Crippen LogP) is -0.829. The largest absolute Gasteiger partial charge is 0.355 e. The Kier molecular flexibility index (Phi) is 8.14. The van der Waals surface area contributed by atoms with E-state index in [0.29, 0.717) is 25.9 Å². The number of rotatable bonds is 9. The van der Waals surface area contributed by atoms with Gasteiger partial charge in [0.1, 0.15) is 0 Å². The van der Waals surface area contributed by atoms with Gasteiger partial charge in [-0.25, -0.2) is 13.1 Å². The number of nitrogens with two attached hydrogens (primary N) is 1. The first kappa shape index (κ1) is 15.3. The van der Waals surface area contributed by atoms with Crippen LogP contribution in [0.1, 0.15) is 26.2 Å². The molecule has 4 N–H and O–H groups in total. The summed E-state index contributed by atoms with van der Waals surface area (Å²) < 4.78 is 24.9. The van der Waals surface area contributed by atoms with Crippen molar-refractivity contribution in [2.45, 2.75) is 26.2 Å². The Balaban J connectivity index is 3.76. The van der Waals surface area contributed by atoms with E-state index in [0.717, 1.165) is 6.42 Å². The number of hydrogen-bond donors (Lipinski definition) is 3. The molecule has 0 saturated carbocycles. The lowest BCUT2D eigenvalue weighted by Crippen LogP contribution is -2.38. The number of hydrogen-bond acceptors (Lipinski definition) is 4. The molecule has 0 saturated heterocycles. The SMILES string of the molecule is CCCNC(=O)CNS(=O)(=O)CCCCN. The summed E-state index contributed by atoms with van der Waals surface area (Å²) in [7, 11) is -3.34. The Morgan fingerprint density at radius 1 is 1.31 bits per heavy atom. The molecule has 0 fully saturated rings. The molecule has 0 unspecified atom stereocenters. The molecular weight excluding hydrogens is 230 g/mol. The van der Waals surface area contributed by atoms with Gasteiger partial charge in [-0.1, -0.05) is 6.92 Å². The third-order valence-corrected chi connectivity index (χ3v) is 3.30. The summed E-state index contributed by atoms with van der Waals surface area (Å²) in [5, 5.41) is 2.59. The highest BCUT2D eigenvalue weighted by Crippen LogP contribution is 1.92. The van der Waals surface area contributed by atoms with Crippen molar-refractivity contribution >= 4 is 15.9 Å². The zero-order chi connectivity index (χ0) is 12.4. The average molecular weight is 251 g/mol. The van der Waals surface area contributed by atoms with Gasteiger partial charge >= 0.3 is 0 Å². The van der Waals surface area contributed by atoms with Gasteiger partial charge in [0, 0.05) is 6.54 Å². The van der Waals surface area contributed by atoms with Gasteiger partial charge < -0.3 is 11.1 Å². The van der Waals surface area contributed by atoms with E-state index in [1.807, 2.05) is 6.92 Å². The second-order valence-corrected chi connectivity index (χ2v) is 5.41. The quantitative estimate of drug-likeness (QED) is 0.466. The van der Waals surface area contributed by atoms with Gasteiger partial charge in [0.05, 0.1) is 12.3 Å². The fraction of sp³-hybridized carbons (Fsp3) is 0.889. The zero-order valence-corrected chi connectivity index (χ0v) is 10.5. The lowest BCUT2D eigenvalue weighted by molar-refractivity contribution is -0.119. The fourth-order valence-corrected chi connectivity index (χ4v) is 2.09. The van der Waals surface area contributed by atoms with Crippen LogP contribution in [0, 0.1) is 0 Å². The van der Waals surface area contributed by atoms with Gasteiger partial charge in [0.2, 0.25) is 15.9 Å². The lowest BCUT2D eigenvalue weighted by atomic mass is 10.3. The normalized spacial score (nSPS) is 11.4. The van der Waals surface area contributed by atoms with E-state index in [9.17, 15) is 13.2 Å². The lowest BCUT2D eigenvalue weighted by Gasteiger charge is -2.06. The number of sulfonamides is 1. The maximum absolute atomic E-state index is 11.4. The van der Waals surface area contributed by atoms with E-state index in [1.54, 1.807) is 0 Å². The van der Waals surface area contributed by atoms with E-state index >= 15 is 0 Å². The van der Waals surface area contributed by atoms with E-state index in [-0.39, 0.29) is 18.2 Å². The Bertz CT molecular complexity index is 290. The van der Waals surface area contributed by atoms with Gasteiger partial charge in [0.15, 0.2) is 0 Å². The number of unbranched alkanes of at least 4 members (excludes halogenated alkanes) is 1. The summed E-state index contributed by atoms with van der Waals surface area (Å²) in [6.07, 6.45) is 2.01. The molecule has 7 heteroatoms. The number of nitrogens with one attached hydrogen (secondary N) is 2. The summed E-state index contributed by atoms with van der Waals surface area (Å²) in [5.41, 5.74) is 5.26. The van der Waals surface area contributed by atoms with Crippen LogP contribution < -0.4 is 15.8 Å². The van der Waals surface area contributed by atoms with Crippen LogP contribution in [0.4, 0.5) is 0 Å². The maximum atomic E-state index is 11.4. The summed E-state index contributed by atoms with van der Waals surface area (Å²) in [6, 6.07) is 0. The molecule has 0 aromatic carbocycles. The average Bonchev–Trinajstić information content (AvgIpc) is 2.24. The molecule has 0 heterocycles. The summed E-state index contributed by atoms with van der Waals surface area (Å²) >= 11 is 0. The zero-order valence-electron chi connectivity index (χ0n) is 9.66. The smallest absolute Gasteiger partial charge is 0.235 e. The Labute approximate surface area is 97.0 Å². The molecule has 0 spiro atoms. The monoisotopic (exact) mass is 251 g/mol. The molecule has 0 rings (SSSR count). The van der Waals surface area contributed by atoms with Crippen LogP contribution in [0.3, 0.4) is 0 Å². The van der Waals surface area contributed by atoms with Crippen LogP contribution >= 0.6 is 0 Å². The van der Waals surface area contributed by atoms with Crippen LogP contribution in [0.25, 0.3) is 0 Å². The van der Waals surface area contributed by atoms with E-state index in [2.05, 4.69) is 10.0 Å². The molecule has 0 atom stereocenters. The third-order valence-electron chi connectivity index (χ3n) is 1.89. The highest BCUT2D eigenvalue weighted by atomic mass is 32.2. The van der Waals surface area contributed by atoms with E-state index in [1.165, 1.54) is 0 Å². The van der Waals surface area contributed by atoms with E-state index in [4.69, 9.17) is 5.73 Å². The number of carbonyl (C=O) groups is 1. The first-order valence-corrected chi connectivity index (χ1v) is 7.11. The van der Waals surface area contributed by atoms with Crippen molar-refractivity contribution in [3.05, 3.63) is 0 Å². The van der Waals surface area contributed by atoms with Crippen LogP contribution in [-0.4, -0.2) is 39.7 Å². The second-order valence-electron chi connectivity index (χ2n) is 3.49. The van der Waals surface area contributed by atoms with Crippen molar-refractivity contribution < 1.29 is 13.2 Å². The summed E-state index contributed by atoms with van der Waals surface area (Å²) in [6.45, 7) is 2.78. The van der Waals surface area contributed by atoms with Crippen molar-refractivity contribution in [2.24, 2.45) is 5.73 Å². The van der Waals surface area contributed by atoms with Crippen molar-refractivity contribution in [3.8, 4) is 0 Å². The Hall–Kier alpha value is -0.660. The highest BCUT2D eigenvalue weighted by Gasteiger charge is 2.11. The molecule has 0 radical (unpaired) electrons. The molecule has 0 aliphatic carbocycles. The van der Waals surface area contributed by atoms with Crippen LogP contribution in [0.15, 0.2) is 0 Å². The van der Waals surface area contributed by atoms with Gasteiger partial charge in [0.25, 0.3) is 0 Å². The Morgan fingerprint density at radius 2 is 2.00 bits per heavy atom. The van der Waals surface area contributed by atoms with Gasteiger partial charge in [-0.15, -0.1) is 0 Å². The van der Waals surface area contributed by atoms with Crippen molar-refractivity contribution in [3.63, 3.8) is 0 Å². The first-order valence-electron chi connectivity index (χ1n) is 5.46. The van der Waals surface area contributed by atoms with Crippen molar-refractivity contribution in [1.29, 1.82) is 0 Å². The minimum atomic E-state index is -3.34. The molecule has 16 heavy (non-hydrogen) atoms. The summed E-state index contributed by atoms with van der Waals surface area (Å²) in [5.74, 6) is -0.283. The minimum Gasteiger partial charge on any atom is -0.355 e. The first-order chi connectivity index (χ1) is 7.52. The van der Waals surface area contributed by atoms with Crippen LogP contribution in [0.5, 0.6) is 0 Å². The Morgan fingerprint density at radius 3 is 2.56 bits per heavy atom. The molecule has 0 aliphatic heterocycles. The molecule has 6 nitrogen and oxygen atoms in total. The standard InChI is InChI=1S/C9H21N3O3S/c1-2-6-11-9(13)8-12-16(14,15)7-4-3-5-10/h12H,2-8,10H2,1H3,(H,11,13). The van der Waals surface area contributed by atoms with Crippen molar-refractivity contribution in [1.82, 2.24) is 10.0 Å². The topological polar surface area (TPSA) is 101 Å². The summed E-state index contributed by atoms with van der Waals surface area (Å²) in [4.78, 5) is 11.1. The minimum absolute atomic E-state index is 0.0191. The van der Waals surface area contributed by atoms with Crippen molar-refractivity contribution in [2.75, 3.05) is 25.4 Å². The molecule has 96 valence electrons. The maximum Gasteiger partial charge on any atom is 0.235 e. The molecule has 0 bridgehead atoms. The molecular formula is C9H21N3O3S. The van der Waals surface area contributed by atoms with Gasteiger partial charge in [-0.3, -0.25) is 4.79 Å².